The maximum atomic E-state index is 6.26. The van der Waals surface area contributed by atoms with Gasteiger partial charge in [-0.25, -0.2) is 4.98 Å². The maximum absolute atomic E-state index is 6.26. The highest BCUT2D eigenvalue weighted by Crippen LogP contribution is 2.27. The van der Waals surface area contributed by atoms with Crippen molar-refractivity contribution in [3.05, 3.63) is 81.9 Å². The molecular formula is C17H15Cl2N3. The molecule has 0 aliphatic carbocycles. The average molecular weight is 332 g/mol. The van der Waals surface area contributed by atoms with Crippen LogP contribution in [0.3, 0.4) is 0 Å². The van der Waals surface area contributed by atoms with Crippen molar-refractivity contribution in [2.24, 2.45) is 0 Å². The quantitative estimate of drug-likeness (QED) is 0.719. The Hall–Kier alpha value is -1.97. The second-order valence-corrected chi connectivity index (χ2v) is 5.89. The molecule has 112 valence electrons. The summed E-state index contributed by atoms with van der Waals surface area (Å²) in [4.78, 5) is 4.43. The van der Waals surface area contributed by atoms with E-state index in [2.05, 4.69) is 9.55 Å². The molecule has 2 aromatic carbocycles. The fourth-order valence-corrected chi connectivity index (χ4v) is 2.78. The van der Waals surface area contributed by atoms with Crippen molar-refractivity contribution >= 4 is 28.9 Å². The molecule has 3 aromatic rings. The van der Waals surface area contributed by atoms with Crippen LogP contribution in [0.15, 0.2) is 54.9 Å². The van der Waals surface area contributed by atoms with E-state index in [1.54, 1.807) is 12.3 Å². The molecule has 0 atom stereocenters. The number of hydrogen-bond donors (Lipinski definition) is 1. The van der Waals surface area contributed by atoms with Gasteiger partial charge in [0.25, 0.3) is 0 Å². The van der Waals surface area contributed by atoms with Crippen LogP contribution in [-0.2, 0) is 13.0 Å². The van der Waals surface area contributed by atoms with Gasteiger partial charge in [0.15, 0.2) is 0 Å². The van der Waals surface area contributed by atoms with Gasteiger partial charge in [-0.1, -0.05) is 47.5 Å². The molecule has 2 N–H and O–H groups in total. The SMILES string of the molecule is Nc1cccc(Cn2ccnc2Cc2cccc(Cl)c2Cl)c1. The van der Waals surface area contributed by atoms with Crippen LogP contribution < -0.4 is 5.73 Å². The van der Waals surface area contributed by atoms with E-state index in [-0.39, 0.29) is 0 Å². The van der Waals surface area contributed by atoms with Crippen LogP contribution in [-0.4, -0.2) is 9.55 Å². The molecule has 0 fully saturated rings. The Labute approximate surface area is 139 Å². The Morgan fingerprint density at radius 3 is 2.73 bits per heavy atom. The van der Waals surface area contributed by atoms with E-state index in [0.29, 0.717) is 16.5 Å². The Bertz CT molecular complexity index is 796. The van der Waals surface area contributed by atoms with E-state index in [0.717, 1.165) is 29.2 Å². The molecule has 0 saturated heterocycles. The highest BCUT2D eigenvalue weighted by molar-refractivity contribution is 6.42. The zero-order valence-electron chi connectivity index (χ0n) is 11.8. The molecule has 0 bridgehead atoms. The summed E-state index contributed by atoms with van der Waals surface area (Å²) in [5.41, 5.74) is 8.69. The van der Waals surface area contributed by atoms with E-state index in [4.69, 9.17) is 28.9 Å². The predicted molar refractivity (Wildman–Crippen MR) is 91.5 cm³/mol. The van der Waals surface area contributed by atoms with Crippen LogP contribution in [0.25, 0.3) is 0 Å². The largest absolute Gasteiger partial charge is 0.399 e. The van der Waals surface area contributed by atoms with Gasteiger partial charge in [-0.05, 0) is 29.3 Å². The Morgan fingerprint density at radius 1 is 1.09 bits per heavy atom. The number of rotatable bonds is 4. The average Bonchev–Trinajstić information content (AvgIpc) is 2.91. The van der Waals surface area contributed by atoms with Crippen LogP contribution in [0.4, 0.5) is 5.69 Å². The fraction of sp³-hybridized carbons (Fsp3) is 0.118. The Morgan fingerprint density at radius 2 is 1.91 bits per heavy atom. The molecule has 0 spiro atoms. The minimum atomic E-state index is 0.563. The van der Waals surface area contributed by atoms with Crippen molar-refractivity contribution in [3.8, 4) is 0 Å². The molecule has 1 aromatic heterocycles. The zero-order valence-corrected chi connectivity index (χ0v) is 13.3. The van der Waals surface area contributed by atoms with Gasteiger partial charge in [0.05, 0.1) is 10.0 Å². The second kappa shape index (κ2) is 6.42. The molecule has 22 heavy (non-hydrogen) atoms. The minimum absolute atomic E-state index is 0.563. The predicted octanol–water partition coefficient (Wildman–Crippen LogP) is 4.41. The number of imidazole rings is 1. The molecule has 0 radical (unpaired) electrons. The van der Waals surface area contributed by atoms with Gasteiger partial charge in [-0.2, -0.15) is 0 Å². The second-order valence-electron chi connectivity index (χ2n) is 5.11. The molecule has 3 nitrogen and oxygen atoms in total. The molecule has 0 amide bonds. The molecule has 0 saturated carbocycles. The normalized spacial score (nSPS) is 10.8. The number of nitrogen functional groups attached to an aromatic ring is 1. The molecule has 1 heterocycles. The third kappa shape index (κ3) is 3.26. The number of aromatic nitrogens is 2. The van der Waals surface area contributed by atoms with Gasteiger partial charge in [0.1, 0.15) is 5.82 Å². The summed E-state index contributed by atoms with van der Waals surface area (Å²) in [5, 5.41) is 1.15. The number of nitrogens with two attached hydrogens (primary N) is 1. The van der Waals surface area contributed by atoms with Crippen molar-refractivity contribution in [3.63, 3.8) is 0 Å². The summed E-state index contributed by atoms with van der Waals surface area (Å²) in [6.07, 6.45) is 4.38. The van der Waals surface area contributed by atoms with Crippen LogP contribution in [0.1, 0.15) is 17.0 Å². The molecular weight excluding hydrogens is 317 g/mol. The van der Waals surface area contributed by atoms with Crippen molar-refractivity contribution in [1.82, 2.24) is 9.55 Å². The molecule has 5 heteroatoms. The van der Waals surface area contributed by atoms with Crippen molar-refractivity contribution in [1.29, 1.82) is 0 Å². The lowest BCUT2D eigenvalue weighted by atomic mass is 10.1. The summed E-state index contributed by atoms with van der Waals surface area (Å²) in [6.45, 7) is 0.721. The summed E-state index contributed by atoms with van der Waals surface area (Å²) < 4.78 is 2.09. The third-order valence-corrected chi connectivity index (χ3v) is 4.34. The van der Waals surface area contributed by atoms with Crippen molar-refractivity contribution in [2.75, 3.05) is 5.73 Å². The molecule has 0 aliphatic rings. The highest BCUT2D eigenvalue weighted by Gasteiger charge is 2.09. The number of nitrogens with zero attached hydrogens (tertiary/aromatic N) is 2. The number of halogens is 2. The molecule has 3 rings (SSSR count). The topological polar surface area (TPSA) is 43.8 Å². The summed E-state index contributed by atoms with van der Waals surface area (Å²) in [7, 11) is 0. The number of benzene rings is 2. The van der Waals surface area contributed by atoms with E-state index in [9.17, 15) is 0 Å². The van der Waals surface area contributed by atoms with E-state index < -0.39 is 0 Å². The van der Waals surface area contributed by atoms with Crippen LogP contribution in [0.5, 0.6) is 0 Å². The monoisotopic (exact) mass is 331 g/mol. The maximum Gasteiger partial charge on any atom is 0.113 e. The molecule has 0 aliphatic heterocycles. The Kier molecular flexibility index (Phi) is 4.36. The van der Waals surface area contributed by atoms with E-state index in [1.165, 1.54) is 0 Å². The highest BCUT2D eigenvalue weighted by atomic mass is 35.5. The van der Waals surface area contributed by atoms with Crippen molar-refractivity contribution < 1.29 is 0 Å². The fourth-order valence-electron chi connectivity index (χ4n) is 2.39. The minimum Gasteiger partial charge on any atom is -0.399 e. The lowest BCUT2D eigenvalue weighted by molar-refractivity contribution is 0.741. The Balaban J connectivity index is 1.85. The number of hydrogen-bond acceptors (Lipinski definition) is 2. The van der Waals surface area contributed by atoms with Gasteiger partial charge < -0.3 is 10.3 Å². The summed E-state index contributed by atoms with van der Waals surface area (Å²) in [5.74, 6) is 0.937. The first-order chi connectivity index (χ1) is 10.6. The van der Waals surface area contributed by atoms with Crippen LogP contribution in [0.2, 0.25) is 10.0 Å². The summed E-state index contributed by atoms with van der Waals surface area (Å²) >= 11 is 12.3. The zero-order chi connectivity index (χ0) is 15.5. The van der Waals surface area contributed by atoms with Crippen LogP contribution in [0, 0.1) is 0 Å². The van der Waals surface area contributed by atoms with Gasteiger partial charge in [-0.3, -0.25) is 0 Å². The van der Waals surface area contributed by atoms with Gasteiger partial charge in [-0.15, -0.1) is 0 Å². The smallest absolute Gasteiger partial charge is 0.113 e. The van der Waals surface area contributed by atoms with E-state index in [1.807, 2.05) is 42.6 Å². The van der Waals surface area contributed by atoms with E-state index >= 15 is 0 Å². The number of anilines is 1. The summed E-state index contributed by atoms with van der Waals surface area (Å²) in [6, 6.07) is 13.5. The van der Waals surface area contributed by atoms with Crippen molar-refractivity contribution in [2.45, 2.75) is 13.0 Å². The third-order valence-electron chi connectivity index (χ3n) is 3.49. The first-order valence-electron chi connectivity index (χ1n) is 6.91. The van der Waals surface area contributed by atoms with Gasteiger partial charge in [0, 0.05) is 31.0 Å². The lowest BCUT2D eigenvalue weighted by Gasteiger charge is -2.10. The molecule has 0 unspecified atom stereocenters. The first kappa shape index (κ1) is 14.9. The van der Waals surface area contributed by atoms with Crippen LogP contribution >= 0.6 is 23.2 Å². The first-order valence-corrected chi connectivity index (χ1v) is 7.66. The standard InChI is InChI=1S/C17H15Cl2N3/c18-15-6-2-4-13(17(15)19)10-16-21-7-8-22(16)11-12-3-1-5-14(20)9-12/h1-9H,10-11,20H2. The van der Waals surface area contributed by atoms with Gasteiger partial charge >= 0.3 is 0 Å². The lowest BCUT2D eigenvalue weighted by Crippen LogP contribution is -2.06. The van der Waals surface area contributed by atoms with Gasteiger partial charge in [0.2, 0.25) is 0 Å².